The molecule has 2 atom stereocenters. The zero-order valence-corrected chi connectivity index (χ0v) is 19.5. The zero-order chi connectivity index (χ0) is 24.1. The predicted molar refractivity (Wildman–Crippen MR) is 128 cm³/mol. The number of hydrogen-bond donors (Lipinski definition) is 3. The summed E-state index contributed by atoms with van der Waals surface area (Å²) in [5.74, 6) is -2.00. The lowest BCUT2D eigenvalue weighted by molar-refractivity contribution is -0.145. The molecule has 7 heteroatoms. The molecule has 2 aromatic carbocycles. The van der Waals surface area contributed by atoms with Crippen molar-refractivity contribution in [2.45, 2.75) is 38.5 Å². The van der Waals surface area contributed by atoms with Crippen molar-refractivity contribution in [1.29, 1.82) is 0 Å². The molecule has 4 rings (SSSR count). The van der Waals surface area contributed by atoms with Gasteiger partial charge in [-0.05, 0) is 47.4 Å². The van der Waals surface area contributed by atoms with Gasteiger partial charge in [-0.25, -0.2) is 4.79 Å². The van der Waals surface area contributed by atoms with Crippen molar-refractivity contribution < 1.29 is 24.2 Å². The van der Waals surface area contributed by atoms with E-state index >= 15 is 0 Å². The van der Waals surface area contributed by atoms with Crippen LogP contribution in [0.15, 0.2) is 48.5 Å². The molecule has 0 bridgehead atoms. The van der Waals surface area contributed by atoms with Gasteiger partial charge in [0.15, 0.2) is 0 Å². The molecule has 34 heavy (non-hydrogen) atoms. The summed E-state index contributed by atoms with van der Waals surface area (Å²) in [6.45, 7) is 2.34. The van der Waals surface area contributed by atoms with E-state index in [4.69, 9.17) is 4.74 Å². The van der Waals surface area contributed by atoms with E-state index in [1.54, 1.807) is 0 Å². The van der Waals surface area contributed by atoms with E-state index in [9.17, 15) is 19.5 Å². The Balaban J connectivity index is 1.27. The zero-order valence-electron chi connectivity index (χ0n) is 19.5. The summed E-state index contributed by atoms with van der Waals surface area (Å²) in [6, 6.07) is 16.3. The lowest BCUT2D eigenvalue weighted by atomic mass is 9.76. The molecular weight excluding hydrogens is 432 g/mol. The van der Waals surface area contributed by atoms with Crippen LogP contribution in [0, 0.1) is 17.8 Å². The predicted octanol–water partition coefficient (Wildman–Crippen LogP) is 4.17. The summed E-state index contributed by atoms with van der Waals surface area (Å²) in [5, 5.41) is 14.9. The van der Waals surface area contributed by atoms with Crippen LogP contribution >= 0.6 is 0 Å². The van der Waals surface area contributed by atoms with Crippen molar-refractivity contribution in [3.8, 4) is 11.1 Å². The Bertz CT molecular complexity index is 1000. The van der Waals surface area contributed by atoms with Gasteiger partial charge in [-0.2, -0.15) is 0 Å². The van der Waals surface area contributed by atoms with Crippen molar-refractivity contribution in [2.24, 2.45) is 17.8 Å². The SMILES string of the molecule is CCC(CNC(=O)OCC1c2ccccc2-c2ccccc21)C(=O)NCC(C(=O)O)C1CCC1. The summed E-state index contributed by atoms with van der Waals surface area (Å²) in [7, 11) is 0. The lowest BCUT2D eigenvalue weighted by Gasteiger charge is -2.31. The van der Waals surface area contributed by atoms with Gasteiger partial charge in [-0.15, -0.1) is 0 Å². The van der Waals surface area contributed by atoms with E-state index in [0.717, 1.165) is 41.5 Å². The maximum absolute atomic E-state index is 12.6. The third-order valence-corrected chi connectivity index (χ3v) is 7.23. The van der Waals surface area contributed by atoms with Crippen LogP contribution in [-0.4, -0.2) is 42.8 Å². The van der Waals surface area contributed by atoms with Gasteiger partial charge in [-0.3, -0.25) is 9.59 Å². The third kappa shape index (κ3) is 5.08. The number of carbonyl (C=O) groups is 3. The summed E-state index contributed by atoms with van der Waals surface area (Å²) < 4.78 is 5.54. The van der Waals surface area contributed by atoms with E-state index in [0.29, 0.717) is 6.42 Å². The number of amides is 2. The monoisotopic (exact) mass is 464 g/mol. The topological polar surface area (TPSA) is 105 Å². The summed E-state index contributed by atoms with van der Waals surface area (Å²) in [6.07, 6.45) is 2.80. The Hall–Kier alpha value is -3.35. The van der Waals surface area contributed by atoms with E-state index in [-0.39, 0.29) is 37.4 Å². The Morgan fingerprint density at radius 2 is 1.59 bits per heavy atom. The quantitative estimate of drug-likeness (QED) is 0.490. The molecule has 2 aliphatic carbocycles. The maximum Gasteiger partial charge on any atom is 0.407 e. The molecule has 0 spiro atoms. The van der Waals surface area contributed by atoms with Crippen LogP contribution in [-0.2, 0) is 14.3 Å². The Kier molecular flexibility index (Phi) is 7.50. The number of alkyl carbamates (subject to hydrolysis) is 1. The second-order valence-corrected chi connectivity index (χ2v) is 9.19. The van der Waals surface area contributed by atoms with E-state index in [1.807, 2.05) is 31.2 Å². The van der Waals surface area contributed by atoms with Crippen LogP contribution in [0.2, 0.25) is 0 Å². The summed E-state index contributed by atoms with van der Waals surface area (Å²) in [4.78, 5) is 36.5. The average molecular weight is 465 g/mol. The fourth-order valence-electron chi connectivity index (χ4n) is 4.93. The largest absolute Gasteiger partial charge is 0.481 e. The van der Waals surface area contributed by atoms with Crippen molar-refractivity contribution >= 4 is 18.0 Å². The maximum atomic E-state index is 12.6. The van der Waals surface area contributed by atoms with Crippen LogP contribution in [0.4, 0.5) is 4.79 Å². The molecule has 0 heterocycles. The fourth-order valence-corrected chi connectivity index (χ4v) is 4.93. The van der Waals surface area contributed by atoms with Crippen LogP contribution in [0.5, 0.6) is 0 Å². The first-order valence-corrected chi connectivity index (χ1v) is 12.1. The van der Waals surface area contributed by atoms with Gasteiger partial charge < -0.3 is 20.5 Å². The molecule has 2 unspecified atom stereocenters. The molecule has 0 aliphatic heterocycles. The molecule has 7 nitrogen and oxygen atoms in total. The highest BCUT2D eigenvalue weighted by atomic mass is 16.5. The minimum absolute atomic E-state index is 0.0251. The number of fused-ring (bicyclic) bond motifs is 3. The van der Waals surface area contributed by atoms with Crippen LogP contribution in [0.25, 0.3) is 11.1 Å². The van der Waals surface area contributed by atoms with E-state index in [2.05, 4.69) is 34.9 Å². The molecule has 0 aromatic heterocycles. The fraction of sp³-hybridized carbons (Fsp3) is 0.444. The summed E-state index contributed by atoms with van der Waals surface area (Å²) >= 11 is 0. The molecule has 0 saturated heterocycles. The number of benzene rings is 2. The normalized spacial score (nSPS) is 16.5. The third-order valence-electron chi connectivity index (χ3n) is 7.23. The smallest absolute Gasteiger partial charge is 0.407 e. The lowest BCUT2D eigenvalue weighted by Crippen LogP contribution is -2.43. The van der Waals surface area contributed by atoms with Gasteiger partial charge in [0.1, 0.15) is 6.61 Å². The standard InChI is InChI=1S/C27H32N2O5/c1-2-17(25(30)28-15-23(26(31)32)18-8-7-9-18)14-29-27(33)34-16-24-21-12-5-3-10-19(21)20-11-4-6-13-22(20)24/h3-6,10-13,17-18,23-24H,2,7-9,14-16H2,1H3,(H,28,30)(H,29,33)(H,31,32). The van der Waals surface area contributed by atoms with Gasteiger partial charge in [-0.1, -0.05) is 61.9 Å². The molecule has 2 amide bonds. The van der Waals surface area contributed by atoms with Gasteiger partial charge in [0.05, 0.1) is 11.8 Å². The molecule has 3 N–H and O–H groups in total. The van der Waals surface area contributed by atoms with Crippen LogP contribution in [0.1, 0.15) is 49.7 Å². The van der Waals surface area contributed by atoms with Crippen molar-refractivity contribution in [1.82, 2.24) is 10.6 Å². The first-order valence-electron chi connectivity index (χ1n) is 12.1. The Labute approximate surface area is 199 Å². The second-order valence-electron chi connectivity index (χ2n) is 9.19. The number of carboxylic acid groups (broad SMARTS) is 1. The molecule has 0 radical (unpaired) electrons. The number of ether oxygens (including phenoxy) is 1. The highest BCUT2D eigenvalue weighted by Crippen LogP contribution is 2.44. The first-order chi connectivity index (χ1) is 16.5. The Morgan fingerprint density at radius 3 is 2.12 bits per heavy atom. The second kappa shape index (κ2) is 10.7. The van der Waals surface area contributed by atoms with E-state index < -0.39 is 23.9 Å². The van der Waals surface area contributed by atoms with Crippen LogP contribution < -0.4 is 10.6 Å². The molecule has 1 saturated carbocycles. The van der Waals surface area contributed by atoms with Crippen molar-refractivity contribution in [2.75, 3.05) is 19.7 Å². The summed E-state index contributed by atoms with van der Waals surface area (Å²) in [5.41, 5.74) is 4.61. The highest BCUT2D eigenvalue weighted by molar-refractivity contribution is 5.81. The Morgan fingerprint density at radius 1 is 0.971 bits per heavy atom. The van der Waals surface area contributed by atoms with Crippen molar-refractivity contribution in [3.63, 3.8) is 0 Å². The van der Waals surface area contributed by atoms with E-state index in [1.165, 1.54) is 0 Å². The van der Waals surface area contributed by atoms with Gasteiger partial charge in [0.2, 0.25) is 5.91 Å². The average Bonchev–Trinajstić information content (AvgIpc) is 3.13. The molecule has 180 valence electrons. The molecule has 2 aliphatic rings. The number of nitrogens with one attached hydrogen (secondary N) is 2. The number of aliphatic carboxylic acids is 1. The van der Waals surface area contributed by atoms with Crippen molar-refractivity contribution in [3.05, 3.63) is 59.7 Å². The number of rotatable bonds is 10. The van der Waals surface area contributed by atoms with Crippen LogP contribution in [0.3, 0.4) is 0 Å². The molecule has 1 fully saturated rings. The first kappa shape index (κ1) is 23.8. The molecule has 2 aromatic rings. The highest BCUT2D eigenvalue weighted by Gasteiger charge is 2.33. The van der Waals surface area contributed by atoms with Gasteiger partial charge in [0.25, 0.3) is 0 Å². The van der Waals surface area contributed by atoms with Gasteiger partial charge >= 0.3 is 12.1 Å². The molecular formula is C27H32N2O5. The minimum atomic E-state index is -0.866. The minimum Gasteiger partial charge on any atom is -0.481 e. The number of hydrogen-bond acceptors (Lipinski definition) is 4. The number of carboxylic acids is 1. The van der Waals surface area contributed by atoms with Gasteiger partial charge in [0, 0.05) is 19.0 Å². The number of carbonyl (C=O) groups excluding carboxylic acids is 2.